The maximum absolute atomic E-state index is 11.8. The molecule has 0 heterocycles. The molecule has 2 rings (SSSR count). The van der Waals surface area contributed by atoms with E-state index in [1.807, 2.05) is 30.3 Å². The number of carbonyl (C=O) groups is 2. The lowest BCUT2D eigenvalue weighted by Crippen LogP contribution is -2.26. The summed E-state index contributed by atoms with van der Waals surface area (Å²) in [6.07, 6.45) is 4.44. The summed E-state index contributed by atoms with van der Waals surface area (Å²) in [6, 6.07) is 9.67. The summed E-state index contributed by atoms with van der Waals surface area (Å²) in [6.45, 7) is 2.43. The second kappa shape index (κ2) is 6.69. The number of hydrogen-bond acceptors (Lipinski definition) is 3. The third kappa shape index (κ3) is 4.48. The summed E-state index contributed by atoms with van der Waals surface area (Å²) in [5, 5.41) is 0. The van der Waals surface area contributed by atoms with E-state index in [1.54, 1.807) is 0 Å². The molecular formula is C17H22O3. The van der Waals surface area contributed by atoms with Crippen LogP contribution in [0.4, 0.5) is 0 Å². The topological polar surface area (TPSA) is 43.4 Å². The van der Waals surface area contributed by atoms with Gasteiger partial charge in [0.2, 0.25) is 0 Å². The number of rotatable bonds is 5. The number of ether oxygens (including phenoxy) is 1. The fraction of sp³-hybridized carbons (Fsp3) is 0.529. The van der Waals surface area contributed by atoms with Gasteiger partial charge in [0.25, 0.3) is 0 Å². The second-order valence-electron chi connectivity index (χ2n) is 6.03. The first kappa shape index (κ1) is 14.8. The standard InChI is InChI=1S/C17H22O3/c1-17(10-5-8-15(18)12-17)11-9-16(19)20-13-14-6-3-2-4-7-14/h2-4,6-7H,5,8-13H2,1H3. The summed E-state index contributed by atoms with van der Waals surface area (Å²) in [7, 11) is 0. The zero-order chi connectivity index (χ0) is 14.4. The normalized spacial score (nSPS) is 22.6. The van der Waals surface area contributed by atoms with Crippen molar-refractivity contribution in [3.63, 3.8) is 0 Å². The molecule has 1 atom stereocenters. The molecule has 0 N–H and O–H groups in total. The average Bonchev–Trinajstić information content (AvgIpc) is 2.44. The molecule has 1 fully saturated rings. The molecule has 0 spiro atoms. The van der Waals surface area contributed by atoms with Crippen LogP contribution in [0.2, 0.25) is 0 Å². The molecule has 0 aromatic heterocycles. The quantitative estimate of drug-likeness (QED) is 0.770. The van der Waals surface area contributed by atoms with E-state index in [2.05, 4.69) is 6.92 Å². The molecule has 0 bridgehead atoms. The van der Waals surface area contributed by atoms with Crippen LogP contribution in [0.1, 0.15) is 51.0 Å². The molecule has 0 radical (unpaired) electrons. The lowest BCUT2D eigenvalue weighted by Gasteiger charge is -2.32. The molecule has 20 heavy (non-hydrogen) atoms. The van der Waals surface area contributed by atoms with E-state index in [0.29, 0.717) is 31.7 Å². The van der Waals surface area contributed by atoms with Crippen molar-refractivity contribution >= 4 is 11.8 Å². The largest absolute Gasteiger partial charge is 0.461 e. The van der Waals surface area contributed by atoms with Crippen LogP contribution in [0.5, 0.6) is 0 Å². The molecule has 1 aliphatic rings. The van der Waals surface area contributed by atoms with Crippen molar-refractivity contribution in [1.82, 2.24) is 0 Å². The monoisotopic (exact) mass is 274 g/mol. The van der Waals surface area contributed by atoms with Crippen LogP contribution in [0.3, 0.4) is 0 Å². The Kier molecular flexibility index (Phi) is 4.94. The van der Waals surface area contributed by atoms with Crippen molar-refractivity contribution in [3.05, 3.63) is 35.9 Å². The number of carbonyl (C=O) groups excluding carboxylic acids is 2. The molecule has 3 nitrogen and oxygen atoms in total. The molecule has 1 saturated carbocycles. The smallest absolute Gasteiger partial charge is 0.306 e. The summed E-state index contributed by atoms with van der Waals surface area (Å²) in [4.78, 5) is 23.3. The Morgan fingerprint density at radius 3 is 2.75 bits per heavy atom. The molecule has 0 aliphatic heterocycles. The third-order valence-electron chi connectivity index (χ3n) is 4.04. The molecule has 1 aliphatic carbocycles. The Balaban J connectivity index is 1.73. The minimum atomic E-state index is -0.173. The van der Waals surface area contributed by atoms with E-state index >= 15 is 0 Å². The SMILES string of the molecule is CC1(CCC(=O)OCc2ccccc2)CCCC(=O)C1. The van der Waals surface area contributed by atoms with Gasteiger partial charge in [-0.2, -0.15) is 0 Å². The fourth-order valence-corrected chi connectivity index (χ4v) is 2.79. The molecule has 3 heteroatoms. The number of esters is 1. The minimum Gasteiger partial charge on any atom is -0.461 e. The lowest BCUT2D eigenvalue weighted by atomic mass is 9.72. The Hall–Kier alpha value is -1.64. The van der Waals surface area contributed by atoms with Gasteiger partial charge in [0, 0.05) is 19.3 Å². The predicted molar refractivity (Wildman–Crippen MR) is 77.1 cm³/mol. The van der Waals surface area contributed by atoms with Gasteiger partial charge in [-0.15, -0.1) is 0 Å². The average molecular weight is 274 g/mol. The van der Waals surface area contributed by atoms with E-state index in [1.165, 1.54) is 0 Å². The van der Waals surface area contributed by atoms with Crippen LogP contribution in [-0.2, 0) is 20.9 Å². The number of Topliss-reactive ketones (excluding diaryl/α,β-unsaturated/α-hetero) is 1. The molecule has 0 amide bonds. The minimum absolute atomic E-state index is 0.0128. The summed E-state index contributed by atoms with van der Waals surface area (Å²) < 4.78 is 5.27. The maximum atomic E-state index is 11.8. The first-order valence-corrected chi connectivity index (χ1v) is 7.29. The van der Waals surface area contributed by atoms with E-state index in [-0.39, 0.29) is 11.4 Å². The highest BCUT2D eigenvalue weighted by Crippen LogP contribution is 2.38. The van der Waals surface area contributed by atoms with Crippen molar-refractivity contribution in [2.75, 3.05) is 0 Å². The fourth-order valence-electron chi connectivity index (χ4n) is 2.79. The molecule has 108 valence electrons. The number of hydrogen-bond donors (Lipinski definition) is 0. The predicted octanol–water partition coefficient (Wildman–Crippen LogP) is 3.66. The van der Waals surface area contributed by atoms with Gasteiger partial charge in [-0.1, -0.05) is 37.3 Å². The van der Waals surface area contributed by atoms with Gasteiger partial charge in [-0.3, -0.25) is 9.59 Å². The second-order valence-corrected chi connectivity index (χ2v) is 6.03. The van der Waals surface area contributed by atoms with E-state index in [4.69, 9.17) is 4.74 Å². The lowest BCUT2D eigenvalue weighted by molar-refractivity contribution is -0.146. The van der Waals surface area contributed by atoms with Gasteiger partial charge in [0.1, 0.15) is 12.4 Å². The Bertz CT molecular complexity index is 466. The molecule has 1 aromatic carbocycles. The maximum Gasteiger partial charge on any atom is 0.306 e. The Morgan fingerprint density at radius 1 is 1.30 bits per heavy atom. The van der Waals surface area contributed by atoms with Crippen molar-refractivity contribution in [2.24, 2.45) is 5.41 Å². The summed E-state index contributed by atoms with van der Waals surface area (Å²) in [5.41, 5.74) is 0.987. The van der Waals surface area contributed by atoms with Gasteiger partial charge < -0.3 is 4.74 Å². The summed E-state index contributed by atoms with van der Waals surface area (Å²) >= 11 is 0. The molecule has 0 saturated heterocycles. The highest BCUT2D eigenvalue weighted by atomic mass is 16.5. The Morgan fingerprint density at radius 2 is 2.05 bits per heavy atom. The zero-order valence-electron chi connectivity index (χ0n) is 12.1. The number of benzene rings is 1. The third-order valence-corrected chi connectivity index (χ3v) is 4.04. The van der Waals surface area contributed by atoms with Gasteiger partial charge in [0.15, 0.2) is 0 Å². The first-order chi connectivity index (χ1) is 9.57. The van der Waals surface area contributed by atoms with Crippen LogP contribution in [-0.4, -0.2) is 11.8 Å². The van der Waals surface area contributed by atoms with Crippen molar-refractivity contribution < 1.29 is 14.3 Å². The summed E-state index contributed by atoms with van der Waals surface area (Å²) in [5.74, 6) is 0.157. The highest BCUT2D eigenvalue weighted by molar-refractivity contribution is 5.80. The number of ketones is 1. The van der Waals surface area contributed by atoms with Crippen molar-refractivity contribution in [3.8, 4) is 0 Å². The van der Waals surface area contributed by atoms with Crippen LogP contribution in [0.15, 0.2) is 30.3 Å². The van der Waals surface area contributed by atoms with Crippen molar-refractivity contribution in [1.29, 1.82) is 0 Å². The van der Waals surface area contributed by atoms with Crippen LogP contribution in [0.25, 0.3) is 0 Å². The van der Waals surface area contributed by atoms with E-state index in [9.17, 15) is 9.59 Å². The van der Waals surface area contributed by atoms with Gasteiger partial charge in [-0.25, -0.2) is 0 Å². The van der Waals surface area contributed by atoms with E-state index < -0.39 is 0 Å². The van der Waals surface area contributed by atoms with Gasteiger partial charge in [0.05, 0.1) is 0 Å². The van der Waals surface area contributed by atoms with Gasteiger partial charge >= 0.3 is 5.97 Å². The van der Waals surface area contributed by atoms with E-state index in [0.717, 1.165) is 24.8 Å². The Labute approximate surface area is 120 Å². The van der Waals surface area contributed by atoms with Crippen LogP contribution < -0.4 is 0 Å². The van der Waals surface area contributed by atoms with Crippen molar-refractivity contribution in [2.45, 2.75) is 52.1 Å². The van der Waals surface area contributed by atoms with Crippen LogP contribution >= 0.6 is 0 Å². The molecule has 1 aromatic rings. The first-order valence-electron chi connectivity index (χ1n) is 7.29. The zero-order valence-corrected chi connectivity index (χ0v) is 12.1. The molecular weight excluding hydrogens is 252 g/mol. The van der Waals surface area contributed by atoms with Gasteiger partial charge in [-0.05, 0) is 30.2 Å². The molecule has 1 unspecified atom stereocenters. The van der Waals surface area contributed by atoms with Crippen LogP contribution in [0, 0.1) is 5.41 Å². The highest BCUT2D eigenvalue weighted by Gasteiger charge is 2.31.